The predicted octanol–water partition coefficient (Wildman–Crippen LogP) is 3.36. The first-order valence-corrected chi connectivity index (χ1v) is 9.05. The Labute approximate surface area is 152 Å². The fourth-order valence-corrected chi connectivity index (χ4v) is 3.24. The molecule has 2 amide bonds. The van der Waals surface area contributed by atoms with E-state index < -0.39 is 0 Å². The summed E-state index contributed by atoms with van der Waals surface area (Å²) < 4.78 is 14.7. The van der Waals surface area contributed by atoms with Crippen molar-refractivity contribution >= 4 is 17.5 Å². The quantitative estimate of drug-likeness (QED) is 0.861. The van der Waals surface area contributed by atoms with Crippen molar-refractivity contribution in [3.05, 3.63) is 48.2 Å². The fraction of sp³-hybridized carbons (Fsp3) is 0.421. The van der Waals surface area contributed by atoms with Crippen LogP contribution in [0.4, 0.5) is 20.7 Å². The molecule has 2 N–H and O–H groups in total. The SMILES string of the molecule is CCc1ncnc(N2CCCCC2CNC(=O)Nc2ccccc2)c1F. The molecule has 0 radical (unpaired) electrons. The Balaban J connectivity index is 1.65. The van der Waals surface area contributed by atoms with Crippen molar-refractivity contribution in [2.24, 2.45) is 0 Å². The number of rotatable bonds is 5. The number of nitrogens with zero attached hydrogens (tertiary/aromatic N) is 3. The zero-order valence-corrected chi connectivity index (χ0v) is 14.9. The summed E-state index contributed by atoms with van der Waals surface area (Å²) in [6.07, 6.45) is 4.86. The maximum absolute atomic E-state index is 14.7. The number of hydrogen-bond donors (Lipinski definition) is 2. The Morgan fingerprint density at radius 3 is 2.85 bits per heavy atom. The van der Waals surface area contributed by atoms with E-state index in [0.717, 1.165) is 31.5 Å². The molecule has 1 aromatic carbocycles. The van der Waals surface area contributed by atoms with E-state index in [-0.39, 0.29) is 17.9 Å². The minimum absolute atomic E-state index is 0.0133. The number of benzene rings is 1. The Kier molecular flexibility index (Phi) is 5.99. The molecule has 2 aromatic rings. The van der Waals surface area contributed by atoms with Crippen LogP contribution in [0.15, 0.2) is 36.7 Å². The highest BCUT2D eigenvalue weighted by molar-refractivity contribution is 5.89. The van der Waals surface area contributed by atoms with Crippen LogP contribution in [0.2, 0.25) is 0 Å². The summed E-state index contributed by atoms with van der Waals surface area (Å²) in [5, 5.41) is 5.69. The zero-order chi connectivity index (χ0) is 18.4. The minimum atomic E-state index is -0.351. The fourth-order valence-electron chi connectivity index (χ4n) is 3.24. The number of hydrogen-bond acceptors (Lipinski definition) is 4. The molecule has 1 aliphatic heterocycles. The number of anilines is 2. The van der Waals surface area contributed by atoms with Crippen LogP contribution in [-0.4, -0.2) is 35.1 Å². The van der Waals surface area contributed by atoms with Crippen molar-refractivity contribution in [2.45, 2.75) is 38.6 Å². The van der Waals surface area contributed by atoms with Gasteiger partial charge in [-0.3, -0.25) is 0 Å². The summed E-state index contributed by atoms with van der Waals surface area (Å²) in [7, 11) is 0. The molecule has 7 heteroatoms. The summed E-state index contributed by atoms with van der Waals surface area (Å²) in [6, 6.07) is 9.02. The monoisotopic (exact) mass is 357 g/mol. The van der Waals surface area contributed by atoms with Gasteiger partial charge in [-0.25, -0.2) is 19.2 Å². The number of para-hydroxylation sites is 1. The number of carbonyl (C=O) groups excluding carboxylic acids is 1. The molecule has 1 atom stereocenters. The van der Waals surface area contributed by atoms with Crippen LogP contribution in [0, 0.1) is 5.82 Å². The highest BCUT2D eigenvalue weighted by atomic mass is 19.1. The van der Waals surface area contributed by atoms with Crippen molar-refractivity contribution in [1.82, 2.24) is 15.3 Å². The second kappa shape index (κ2) is 8.60. The van der Waals surface area contributed by atoms with Crippen molar-refractivity contribution in [1.29, 1.82) is 0 Å². The van der Waals surface area contributed by atoms with Crippen molar-refractivity contribution < 1.29 is 9.18 Å². The first-order valence-electron chi connectivity index (χ1n) is 9.05. The Morgan fingerprint density at radius 2 is 2.08 bits per heavy atom. The first-order chi connectivity index (χ1) is 12.7. The summed E-state index contributed by atoms with van der Waals surface area (Å²) in [5.74, 6) is -0.0116. The zero-order valence-electron chi connectivity index (χ0n) is 14.9. The third-order valence-electron chi connectivity index (χ3n) is 4.61. The van der Waals surface area contributed by atoms with Crippen LogP contribution in [0.3, 0.4) is 0 Å². The van der Waals surface area contributed by atoms with E-state index in [9.17, 15) is 9.18 Å². The summed E-state index contributed by atoms with van der Waals surface area (Å²) in [4.78, 5) is 22.3. The van der Waals surface area contributed by atoms with E-state index >= 15 is 0 Å². The first kappa shape index (κ1) is 18.1. The molecule has 6 nitrogen and oxygen atoms in total. The van der Waals surface area contributed by atoms with Gasteiger partial charge in [-0.1, -0.05) is 25.1 Å². The molecule has 1 aliphatic rings. The number of aromatic nitrogens is 2. The van der Waals surface area contributed by atoms with Crippen LogP contribution >= 0.6 is 0 Å². The number of nitrogens with one attached hydrogen (secondary N) is 2. The highest BCUT2D eigenvalue weighted by Gasteiger charge is 2.27. The van der Waals surface area contributed by atoms with Gasteiger partial charge in [0.1, 0.15) is 6.33 Å². The molecule has 1 saturated heterocycles. The lowest BCUT2D eigenvalue weighted by atomic mass is 10.0. The molecule has 138 valence electrons. The van der Waals surface area contributed by atoms with E-state index in [2.05, 4.69) is 20.6 Å². The number of carbonyl (C=O) groups is 1. The van der Waals surface area contributed by atoms with Gasteiger partial charge in [-0.2, -0.15) is 0 Å². The number of piperidine rings is 1. The van der Waals surface area contributed by atoms with Gasteiger partial charge in [0.05, 0.1) is 5.69 Å². The lowest BCUT2D eigenvalue weighted by molar-refractivity contribution is 0.250. The van der Waals surface area contributed by atoms with Gasteiger partial charge in [-0.05, 0) is 37.8 Å². The molecule has 0 aliphatic carbocycles. The third kappa shape index (κ3) is 4.28. The number of urea groups is 1. The van der Waals surface area contributed by atoms with E-state index in [0.29, 0.717) is 24.5 Å². The summed E-state index contributed by atoms with van der Waals surface area (Å²) in [5.41, 5.74) is 1.16. The normalized spacial score (nSPS) is 17.0. The van der Waals surface area contributed by atoms with E-state index in [4.69, 9.17) is 0 Å². The van der Waals surface area contributed by atoms with Gasteiger partial charge >= 0.3 is 6.03 Å². The molecule has 0 spiro atoms. The van der Waals surface area contributed by atoms with Gasteiger partial charge in [0.2, 0.25) is 0 Å². The van der Waals surface area contributed by atoms with Crippen LogP contribution in [0.1, 0.15) is 31.9 Å². The largest absolute Gasteiger partial charge is 0.349 e. The van der Waals surface area contributed by atoms with Gasteiger partial charge in [0, 0.05) is 24.8 Å². The van der Waals surface area contributed by atoms with E-state index in [1.165, 1.54) is 6.33 Å². The topological polar surface area (TPSA) is 70.2 Å². The maximum atomic E-state index is 14.7. The van der Waals surface area contributed by atoms with Crippen LogP contribution in [0.5, 0.6) is 0 Å². The van der Waals surface area contributed by atoms with Crippen LogP contribution in [-0.2, 0) is 6.42 Å². The average molecular weight is 357 g/mol. The molecule has 3 rings (SSSR count). The average Bonchev–Trinajstić information content (AvgIpc) is 2.68. The second-order valence-corrected chi connectivity index (χ2v) is 6.36. The van der Waals surface area contributed by atoms with Crippen molar-refractivity contribution in [2.75, 3.05) is 23.3 Å². The maximum Gasteiger partial charge on any atom is 0.319 e. The molecule has 2 heterocycles. The molecule has 26 heavy (non-hydrogen) atoms. The highest BCUT2D eigenvalue weighted by Crippen LogP contribution is 2.26. The molecule has 0 saturated carbocycles. The summed E-state index contributed by atoms with van der Waals surface area (Å²) in [6.45, 7) is 3.03. The van der Waals surface area contributed by atoms with Crippen molar-refractivity contribution in [3.63, 3.8) is 0 Å². The van der Waals surface area contributed by atoms with Crippen LogP contribution in [0.25, 0.3) is 0 Å². The third-order valence-corrected chi connectivity index (χ3v) is 4.61. The summed E-state index contributed by atoms with van der Waals surface area (Å²) >= 11 is 0. The van der Waals surface area contributed by atoms with Gasteiger partial charge in [0.25, 0.3) is 0 Å². The van der Waals surface area contributed by atoms with Crippen LogP contribution < -0.4 is 15.5 Å². The van der Waals surface area contributed by atoms with Gasteiger partial charge in [0.15, 0.2) is 11.6 Å². The molecule has 1 fully saturated rings. The Morgan fingerprint density at radius 1 is 1.27 bits per heavy atom. The number of aryl methyl sites for hydroxylation is 1. The molecular weight excluding hydrogens is 333 g/mol. The lowest BCUT2D eigenvalue weighted by Gasteiger charge is -2.37. The predicted molar refractivity (Wildman–Crippen MR) is 99.8 cm³/mol. The number of amides is 2. The number of halogens is 1. The molecule has 1 unspecified atom stereocenters. The molecule has 0 bridgehead atoms. The minimum Gasteiger partial charge on any atom is -0.349 e. The van der Waals surface area contributed by atoms with Gasteiger partial charge < -0.3 is 15.5 Å². The smallest absolute Gasteiger partial charge is 0.319 e. The van der Waals surface area contributed by atoms with Crippen molar-refractivity contribution in [3.8, 4) is 0 Å². The molecule has 1 aromatic heterocycles. The standard InChI is InChI=1S/C19H24FN5O/c1-2-16-17(20)18(23-13-22-16)25-11-7-6-10-15(25)12-21-19(26)24-14-8-4-3-5-9-14/h3-5,8-9,13,15H,2,6-7,10-12H2,1H3,(H2,21,24,26). The second-order valence-electron chi connectivity index (χ2n) is 6.36. The van der Waals surface area contributed by atoms with E-state index in [1.807, 2.05) is 42.2 Å². The van der Waals surface area contributed by atoms with E-state index in [1.54, 1.807) is 0 Å². The molecular formula is C19H24FN5O. The Hall–Kier alpha value is -2.70. The Bertz CT molecular complexity index is 740. The van der Waals surface area contributed by atoms with Gasteiger partial charge in [-0.15, -0.1) is 0 Å². The lowest BCUT2D eigenvalue weighted by Crippen LogP contribution is -2.48.